The van der Waals surface area contributed by atoms with Gasteiger partial charge in [-0.25, -0.2) is 13.6 Å². The van der Waals surface area contributed by atoms with Crippen LogP contribution in [0.15, 0.2) is 47.8 Å². The van der Waals surface area contributed by atoms with Crippen LogP contribution in [-0.4, -0.2) is 25.0 Å². The summed E-state index contributed by atoms with van der Waals surface area (Å²) in [5.74, 6) is -2.61. The second-order valence-electron chi connectivity index (χ2n) is 6.11. The van der Waals surface area contributed by atoms with Gasteiger partial charge >= 0.3 is 5.97 Å². The lowest BCUT2D eigenvalue weighted by atomic mass is 10.0. The van der Waals surface area contributed by atoms with E-state index in [1.165, 1.54) is 0 Å². The number of rotatable bonds is 7. The minimum absolute atomic E-state index is 0.121. The molecule has 0 fully saturated rings. The van der Waals surface area contributed by atoms with Gasteiger partial charge in [-0.05, 0) is 25.1 Å². The van der Waals surface area contributed by atoms with Gasteiger partial charge in [-0.15, -0.1) is 11.3 Å². The molecule has 0 bridgehead atoms. The van der Waals surface area contributed by atoms with Crippen LogP contribution >= 0.6 is 22.9 Å². The van der Waals surface area contributed by atoms with Crippen LogP contribution in [0.1, 0.15) is 17.3 Å². The number of carbonyl (C=O) groups is 2. The zero-order chi connectivity index (χ0) is 21.7. The van der Waals surface area contributed by atoms with Crippen molar-refractivity contribution < 1.29 is 23.1 Å². The molecule has 1 heterocycles. The Morgan fingerprint density at radius 1 is 1.10 bits per heavy atom. The van der Waals surface area contributed by atoms with Gasteiger partial charge in [-0.3, -0.25) is 4.79 Å². The van der Waals surface area contributed by atoms with Gasteiger partial charge in [0.05, 0.1) is 13.2 Å². The first-order chi connectivity index (χ1) is 14.4. The SMILES string of the molecule is CCOC(=O)c1c(-c2ccccc2Cl)csc1NC(=O)CNc1cc(F)cc(F)c1. The Morgan fingerprint density at radius 2 is 1.80 bits per heavy atom. The topological polar surface area (TPSA) is 67.4 Å². The molecular formula is C21H17ClF2N2O3S. The molecule has 0 radical (unpaired) electrons. The van der Waals surface area contributed by atoms with E-state index in [2.05, 4.69) is 10.6 Å². The zero-order valence-corrected chi connectivity index (χ0v) is 17.4. The van der Waals surface area contributed by atoms with Crippen molar-refractivity contribution in [2.45, 2.75) is 6.92 Å². The summed E-state index contributed by atoms with van der Waals surface area (Å²) in [6.07, 6.45) is 0. The third-order valence-electron chi connectivity index (χ3n) is 4.00. The quantitative estimate of drug-likeness (QED) is 0.461. The van der Waals surface area contributed by atoms with Crippen molar-refractivity contribution in [2.75, 3.05) is 23.8 Å². The first-order valence-electron chi connectivity index (χ1n) is 8.92. The lowest BCUT2D eigenvalue weighted by molar-refractivity contribution is -0.114. The zero-order valence-electron chi connectivity index (χ0n) is 15.8. The standard InChI is InChI=1S/C21H17ClF2N2O3S/c1-2-29-21(28)19-16(15-5-3-4-6-17(15)22)11-30-20(19)26-18(27)10-25-14-8-12(23)7-13(24)9-14/h3-9,11,25H,2,10H2,1H3,(H,26,27). The van der Waals surface area contributed by atoms with E-state index in [-0.39, 0.29) is 24.4 Å². The highest BCUT2D eigenvalue weighted by atomic mass is 35.5. The minimum atomic E-state index is -0.759. The van der Waals surface area contributed by atoms with Gasteiger partial charge in [0.1, 0.15) is 22.2 Å². The first kappa shape index (κ1) is 21.7. The fourth-order valence-electron chi connectivity index (χ4n) is 2.74. The molecule has 1 aromatic heterocycles. The van der Waals surface area contributed by atoms with Crippen molar-refractivity contribution in [2.24, 2.45) is 0 Å². The minimum Gasteiger partial charge on any atom is -0.462 e. The van der Waals surface area contributed by atoms with Crippen LogP contribution in [0.4, 0.5) is 19.5 Å². The number of benzene rings is 2. The molecule has 156 valence electrons. The van der Waals surface area contributed by atoms with E-state index in [0.29, 0.717) is 21.2 Å². The predicted octanol–water partition coefficient (Wildman–Crippen LogP) is 5.57. The van der Waals surface area contributed by atoms with Crippen LogP contribution < -0.4 is 10.6 Å². The molecule has 0 aliphatic carbocycles. The second kappa shape index (κ2) is 9.69. The number of hydrogen-bond acceptors (Lipinski definition) is 5. The summed E-state index contributed by atoms with van der Waals surface area (Å²) < 4.78 is 31.7. The molecule has 0 aliphatic heterocycles. The summed E-state index contributed by atoms with van der Waals surface area (Å²) in [5, 5.41) is 7.74. The second-order valence-corrected chi connectivity index (χ2v) is 7.40. The van der Waals surface area contributed by atoms with E-state index < -0.39 is 23.5 Å². The van der Waals surface area contributed by atoms with Crippen molar-refractivity contribution in [3.05, 3.63) is 70.1 Å². The smallest absolute Gasteiger partial charge is 0.341 e. The van der Waals surface area contributed by atoms with Crippen molar-refractivity contribution in [1.29, 1.82) is 0 Å². The third kappa shape index (κ3) is 5.14. The van der Waals surface area contributed by atoms with Gasteiger partial charge in [0.2, 0.25) is 5.91 Å². The van der Waals surface area contributed by atoms with E-state index >= 15 is 0 Å². The van der Waals surface area contributed by atoms with Crippen molar-refractivity contribution >= 4 is 45.5 Å². The summed E-state index contributed by atoms with van der Waals surface area (Å²) in [6.45, 7) is 1.58. The summed E-state index contributed by atoms with van der Waals surface area (Å²) >= 11 is 7.41. The van der Waals surface area contributed by atoms with Crippen molar-refractivity contribution in [3.8, 4) is 11.1 Å². The molecule has 3 rings (SSSR count). The Hall–Kier alpha value is -2.97. The highest BCUT2D eigenvalue weighted by Gasteiger charge is 2.23. The number of anilines is 2. The Bertz CT molecular complexity index is 1070. The fraction of sp³-hybridized carbons (Fsp3) is 0.143. The number of thiophene rings is 1. The van der Waals surface area contributed by atoms with Gasteiger partial charge < -0.3 is 15.4 Å². The maximum Gasteiger partial charge on any atom is 0.341 e. The normalized spacial score (nSPS) is 10.5. The average molecular weight is 451 g/mol. The van der Waals surface area contributed by atoms with Gasteiger partial charge in [0, 0.05) is 33.3 Å². The van der Waals surface area contributed by atoms with Crippen molar-refractivity contribution in [1.82, 2.24) is 0 Å². The lowest BCUT2D eigenvalue weighted by Crippen LogP contribution is -2.22. The molecule has 2 aromatic carbocycles. The number of halogens is 3. The Balaban J connectivity index is 1.82. The molecule has 0 saturated heterocycles. The van der Waals surface area contributed by atoms with Gasteiger partial charge in [-0.2, -0.15) is 0 Å². The predicted molar refractivity (Wildman–Crippen MR) is 114 cm³/mol. The highest BCUT2D eigenvalue weighted by Crippen LogP contribution is 2.39. The number of esters is 1. The molecule has 2 N–H and O–H groups in total. The van der Waals surface area contributed by atoms with Crippen LogP contribution in [0, 0.1) is 11.6 Å². The summed E-state index contributed by atoms with van der Waals surface area (Å²) in [6, 6.07) is 9.89. The summed E-state index contributed by atoms with van der Waals surface area (Å²) in [7, 11) is 0. The number of nitrogens with one attached hydrogen (secondary N) is 2. The van der Waals surface area contributed by atoms with E-state index in [1.54, 1.807) is 36.6 Å². The number of ether oxygens (including phenoxy) is 1. The molecular weight excluding hydrogens is 434 g/mol. The maximum absolute atomic E-state index is 13.3. The Labute approximate surface area is 180 Å². The Kier molecular flexibility index (Phi) is 7.02. The van der Waals surface area contributed by atoms with Crippen LogP contribution in [0.5, 0.6) is 0 Å². The van der Waals surface area contributed by atoms with Gasteiger partial charge in [-0.1, -0.05) is 29.8 Å². The molecule has 30 heavy (non-hydrogen) atoms. The molecule has 1 amide bonds. The summed E-state index contributed by atoms with van der Waals surface area (Å²) in [4.78, 5) is 24.9. The summed E-state index contributed by atoms with van der Waals surface area (Å²) in [5.41, 5.74) is 1.49. The van der Waals surface area contributed by atoms with E-state index in [1.807, 2.05) is 0 Å². The van der Waals surface area contributed by atoms with Crippen LogP contribution in [0.2, 0.25) is 5.02 Å². The third-order valence-corrected chi connectivity index (χ3v) is 5.23. The largest absolute Gasteiger partial charge is 0.462 e. The van der Waals surface area contributed by atoms with E-state index in [4.69, 9.17) is 16.3 Å². The first-order valence-corrected chi connectivity index (χ1v) is 10.2. The van der Waals surface area contributed by atoms with Gasteiger partial charge in [0.25, 0.3) is 0 Å². The van der Waals surface area contributed by atoms with Crippen LogP contribution in [0.3, 0.4) is 0 Å². The Morgan fingerprint density at radius 3 is 2.47 bits per heavy atom. The molecule has 0 spiro atoms. The molecule has 9 heteroatoms. The van der Waals surface area contributed by atoms with Gasteiger partial charge in [0.15, 0.2) is 0 Å². The fourth-order valence-corrected chi connectivity index (χ4v) is 3.94. The van der Waals surface area contributed by atoms with Crippen molar-refractivity contribution in [3.63, 3.8) is 0 Å². The molecule has 0 saturated carbocycles. The maximum atomic E-state index is 13.3. The molecule has 0 aliphatic rings. The number of carbonyl (C=O) groups excluding carboxylic acids is 2. The average Bonchev–Trinajstić information content (AvgIpc) is 3.09. The molecule has 0 unspecified atom stereocenters. The van der Waals surface area contributed by atoms with Crippen LogP contribution in [-0.2, 0) is 9.53 Å². The van der Waals surface area contributed by atoms with E-state index in [0.717, 1.165) is 29.5 Å². The monoisotopic (exact) mass is 450 g/mol. The number of amides is 1. The van der Waals surface area contributed by atoms with E-state index in [9.17, 15) is 18.4 Å². The highest BCUT2D eigenvalue weighted by molar-refractivity contribution is 7.15. The lowest BCUT2D eigenvalue weighted by Gasteiger charge is -2.10. The molecule has 0 atom stereocenters. The molecule has 3 aromatic rings. The number of hydrogen-bond donors (Lipinski definition) is 2. The van der Waals surface area contributed by atoms with Crippen LogP contribution in [0.25, 0.3) is 11.1 Å². The molecule has 5 nitrogen and oxygen atoms in total.